The number of benzene rings is 1. The van der Waals surface area contributed by atoms with E-state index in [1.54, 1.807) is 12.1 Å². The molecule has 0 aliphatic rings. The summed E-state index contributed by atoms with van der Waals surface area (Å²) in [5, 5.41) is 0. The Morgan fingerprint density at radius 1 is 1.21 bits per heavy atom. The zero-order chi connectivity index (χ0) is 10.4. The molecule has 0 atom stereocenters. The van der Waals surface area contributed by atoms with Crippen LogP contribution in [0.15, 0.2) is 24.3 Å². The highest BCUT2D eigenvalue weighted by Crippen LogP contribution is 2.06. The maximum absolute atomic E-state index is 11.7. The molecule has 0 saturated heterocycles. The van der Waals surface area contributed by atoms with Gasteiger partial charge < -0.3 is 10.5 Å². The van der Waals surface area contributed by atoms with Crippen LogP contribution < -0.4 is 5.73 Å². The minimum absolute atomic E-state index is 0.314. The van der Waals surface area contributed by atoms with Gasteiger partial charge in [-0.1, -0.05) is 12.1 Å². The van der Waals surface area contributed by atoms with Crippen LogP contribution in [-0.4, -0.2) is 19.6 Å². The Kier molecular flexibility index (Phi) is 4.32. The van der Waals surface area contributed by atoms with Crippen LogP contribution >= 0.6 is 0 Å². The van der Waals surface area contributed by atoms with Gasteiger partial charge in [0.15, 0.2) is 0 Å². The number of ether oxygens (including phenoxy) is 1. The van der Waals surface area contributed by atoms with Crippen LogP contribution in [0.2, 0.25) is 0 Å². The van der Waals surface area contributed by atoms with Crippen molar-refractivity contribution in [3.63, 3.8) is 0 Å². The van der Waals surface area contributed by atoms with Crippen molar-refractivity contribution >= 4 is 5.69 Å². The average molecular weight is 201 g/mol. The van der Waals surface area contributed by atoms with Crippen LogP contribution in [0.4, 0.5) is 14.5 Å². The van der Waals surface area contributed by atoms with Gasteiger partial charge in [-0.25, -0.2) is 8.78 Å². The molecular formula is C10H13F2NO. The SMILES string of the molecule is Nc1ccc(CCOCC(F)F)cc1. The van der Waals surface area contributed by atoms with Crippen LogP contribution in [0, 0.1) is 0 Å². The lowest BCUT2D eigenvalue weighted by Gasteiger charge is -2.03. The molecule has 2 N–H and O–H groups in total. The van der Waals surface area contributed by atoms with Gasteiger partial charge in [0, 0.05) is 5.69 Å². The summed E-state index contributed by atoms with van der Waals surface area (Å²) in [6.07, 6.45) is -1.76. The first kappa shape index (κ1) is 10.9. The molecular weight excluding hydrogens is 188 g/mol. The third-order valence-electron chi connectivity index (χ3n) is 1.76. The largest absolute Gasteiger partial charge is 0.399 e. The molecule has 0 fully saturated rings. The number of hydrogen-bond acceptors (Lipinski definition) is 2. The fraction of sp³-hybridized carbons (Fsp3) is 0.400. The topological polar surface area (TPSA) is 35.2 Å². The van der Waals surface area contributed by atoms with Crippen molar-refractivity contribution < 1.29 is 13.5 Å². The molecule has 0 spiro atoms. The number of rotatable bonds is 5. The molecule has 4 heteroatoms. The maximum atomic E-state index is 11.7. The second-order valence-corrected chi connectivity index (χ2v) is 2.96. The first-order chi connectivity index (χ1) is 6.68. The molecule has 0 amide bonds. The summed E-state index contributed by atoms with van der Waals surface area (Å²) >= 11 is 0. The zero-order valence-corrected chi connectivity index (χ0v) is 7.75. The van der Waals surface area contributed by atoms with Crippen molar-refractivity contribution in [3.8, 4) is 0 Å². The van der Waals surface area contributed by atoms with E-state index in [2.05, 4.69) is 0 Å². The van der Waals surface area contributed by atoms with Crippen LogP contribution in [0.25, 0.3) is 0 Å². The Labute approximate surface area is 81.7 Å². The Morgan fingerprint density at radius 3 is 2.43 bits per heavy atom. The number of halogens is 2. The smallest absolute Gasteiger partial charge is 0.261 e. The van der Waals surface area contributed by atoms with Crippen molar-refractivity contribution in [1.29, 1.82) is 0 Å². The van der Waals surface area contributed by atoms with Gasteiger partial charge in [0.1, 0.15) is 6.61 Å². The van der Waals surface area contributed by atoms with Gasteiger partial charge in [-0.15, -0.1) is 0 Å². The Morgan fingerprint density at radius 2 is 1.86 bits per heavy atom. The summed E-state index contributed by atoms with van der Waals surface area (Å²) in [5.41, 5.74) is 7.22. The molecule has 2 nitrogen and oxygen atoms in total. The van der Waals surface area contributed by atoms with Crippen molar-refractivity contribution in [2.75, 3.05) is 18.9 Å². The van der Waals surface area contributed by atoms with Gasteiger partial charge in [-0.3, -0.25) is 0 Å². The van der Waals surface area contributed by atoms with E-state index >= 15 is 0 Å². The van der Waals surface area contributed by atoms with Crippen molar-refractivity contribution in [3.05, 3.63) is 29.8 Å². The Balaban J connectivity index is 2.21. The highest BCUT2D eigenvalue weighted by molar-refractivity contribution is 5.39. The lowest BCUT2D eigenvalue weighted by Crippen LogP contribution is -2.07. The molecule has 0 aliphatic carbocycles. The Bertz CT molecular complexity index is 261. The molecule has 0 aliphatic heterocycles. The minimum atomic E-state index is -2.39. The predicted molar refractivity (Wildman–Crippen MR) is 51.4 cm³/mol. The highest BCUT2D eigenvalue weighted by Gasteiger charge is 2.01. The van der Waals surface area contributed by atoms with E-state index in [0.717, 1.165) is 5.56 Å². The van der Waals surface area contributed by atoms with Crippen molar-refractivity contribution in [2.45, 2.75) is 12.8 Å². The molecule has 0 aromatic heterocycles. The normalized spacial score (nSPS) is 10.8. The number of hydrogen-bond donors (Lipinski definition) is 1. The quantitative estimate of drug-likeness (QED) is 0.584. The van der Waals surface area contributed by atoms with E-state index in [1.807, 2.05) is 12.1 Å². The molecule has 1 aromatic carbocycles. The van der Waals surface area contributed by atoms with Gasteiger partial charge in [0.25, 0.3) is 6.43 Å². The number of anilines is 1. The van der Waals surface area contributed by atoms with Gasteiger partial charge >= 0.3 is 0 Å². The van der Waals surface area contributed by atoms with E-state index in [0.29, 0.717) is 18.7 Å². The first-order valence-corrected chi connectivity index (χ1v) is 4.39. The average Bonchev–Trinajstić information content (AvgIpc) is 2.15. The fourth-order valence-corrected chi connectivity index (χ4v) is 1.05. The third-order valence-corrected chi connectivity index (χ3v) is 1.76. The summed E-state index contributed by atoms with van der Waals surface area (Å²) in [6, 6.07) is 7.28. The zero-order valence-electron chi connectivity index (χ0n) is 7.75. The van der Waals surface area contributed by atoms with E-state index in [9.17, 15) is 8.78 Å². The summed E-state index contributed by atoms with van der Waals surface area (Å²) < 4.78 is 28.1. The lowest BCUT2D eigenvalue weighted by atomic mass is 10.1. The molecule has 0 unspecified atom stereocenters. The van der Waals surface area contributed by atoms with Crippen LogP contribution in [0.5, 0.6) is 0 Å². The van der Waals surface area contributed by atoms with E-state index in [-0.39, 0.29) is 0 Å². The molecule has 0 saturated carbocycles. The van der Waals surface area contributed by atoms with E-state index < -0.39 is 13.0 Å². The van der Waals surface area contributed by atoms with Gasteiger partial charge in [-0.05, 0) is 24.1 Å². The third kappa shape index (κ3) is 4.18. The highest BCUT2D eigenvalue weighted by atomic mass is 19.3. The molecule has 78 valence electrons. The van der Waals surface area contributed by atoms with Gasteiger partial charge in [-0.2, -0.15) is 0 Å². The molecule has 1 rings (SSSR count). The monoisotopic (exact) mass is 201 g/mol. The van der Waals surface area contributed by atoms with Crippen LogP contribution in [0.3, 0.4) is 0 Å². The minimum Gasteiger partial charge on any atom is -0.399 e. The number of nitrogen functional groups attached to an aromatic ring is 1. The van der Waals surface area contributed by atoms with Gasteiger partial charge in [0.2, 0.25) is 0 Å². The molecule has 0 heterocycles. The van der Waals surface area contributed by atoms with Gasteiger partial charge in [0.05, 0.1) is 6.61 Å². The molecule has 0 radical (unpaired) electrons. The fourth-order valence-electron chi connectivity index (χ4n) is 1.05. The standard InChI is InChI=1S/C10H13F2NO/c11-10(12)7-14-6-5-8-1-3-9(13)4-2-8/h1-4,10H,5-7,13H2. The summed E-state index contributed by atoms with van der Waals surface area (Å²) in [7, 11) is 0. The second kappa shape index (κ2) is 5.54. The van der Waals surface area contributed by atoms with E-state index in [1.165, 1.54) is 0 Å². The van der Waals surface area contributed by atoms with Crippen LogP contribution in [0.1, 0.15) is 5.56 Å². The first-order valence-electron chi connectivity index (χ1n) is 4.39. The summed E-state index contributed by atoms with van der Waals surface area (Å²) in [6.45, 7) is -0.177. The van der Waals surface area contributed by atoms with Crippen molar-refractivity contribution in [2.24, 2.45) is 0 Å². The molecule has 14 heavy (non-hydrogen) atoms. The number of alkyl halides is 2. The van der Waals surface area contributed by atoms with Crippen molar-refractivity contribution in [1.82, 2.24) is 0 Å². The summed E-state index contributed by atoms with van der Waals surface area (Å²) in [5.74, 6) is 0. The summed E-state index contributed by atoms with van der Waals surface area (Å²) in [4.78, 5) is 0. The number of nitrogens with two attached hydrogens (primary N) is 1. The lowest BCUT2D eigenvalue weighted by molar-refractivity contribution is 0.0187. The van der Waals surface area contributed by atoms with E-state index in [4.69, 9.17) is 10.5 Å². The van der Waals surface area contributed by atoms with Crippen LogP contribution in [-0.2, 0) is 11.2 Å². The second-order valence-electron chi connectivity index (χ2n) is 2.96. The predicted octanol–water partition coefficient (Wildman–Crippen LogP) is 2.09. The maximum Gasteiger partial charge on any atom is 0.261 e. The Hall–Kier alpha value is -1.16. The molecule has 0 bridgehead atoms. The molecule has 1 aromatic rings.